The van der Waals surface area contributed by atoms with Gasteiger partial charge in [0.05, 0.1) is 18.8 Å². The second-order valence-corrected chi connectivity index (χ2v) is 6.69. The minimum Gasteiger partial charge on any atom is -0.379 e. The average Bonchev–Trinajstić information content (AvgIpc) is 2.62. The molecule has 1 heterocycles. The van der Waals surface area contributed by atoms with Crippen LogP contribution < -0.4 is 0 Å². The molecule has 2 fully saturated rings. The van der Waals surface area contributed by atoms with Gasteiger partial charge in [0.15, 0.2) is 5.78 Å². The van der Waals surface area contributed by atoms with Gasteiger partial charge in [-0.25, -0.2) is 0 Å². The van der Waals surface area contributed by atoms with Crippen molar-refractivity contribution in [2.24, 2.45) is 0 Å². The topological polar surface area (TPSA) is 29.5 Å². The summed E-state index contributed by atoms with van der Waals surface area (Å²) < 4.78 is 5.49. The van der Waals surface area contributed by atoms with E-state index in [2.05, 4.69) is 17.5 Å². The van der Waals surface area contributed by atoms with Gasteiger partial charge in [-0.05, 0) is 18.4 Å². The molecule has 0 unspecified atom stereocenters. The van der Waals surface area contributed by atoms with E-state index >= 15 is 0 Å². The van der Waals surface area contributed by atoms with Gasteiger partial charge in [-0.3, -0.25) is 9.69 Å². The highest BCUT2D eigenvalue weighted by Gasteiger charge is 2.45. The van der Waals surface area contributed by atoms with Crippen LogP contribution in [-0.2, 0) is 10.5 Å². The van der Waals surface area contributed by atoms with Crippen molar-refractivity contribution >= 4 is 18.4 Å². The zero-order valence-corrected chi connectivity index (χ0v) is 14.0. The normalized spacial score (nSPS) is 22.4. The summed E-state index contributed by atoms with van der Waals surface area (Å²) in [4.78, 5) is 15.7. The predicted molar refractivity (Wildman–Crippen MR) is 91.7 cm³/mol. The van der Waals surface area contributed by atoms with Crippen LogP contribution >= 0.6 is 12.6 Å². The Balaban J connectivity index is 1.88. The molecule has 4 heteroatoms. The van der Waals surface area contributed by atoms with Gasteiger partial charge in [0.1, 0.15) is 0 Å². The van der Waals surface area contributed by atoms with Crippen LogP contribution in [0.2, 0.25) is 0 Å². The second-order valence-electron chi connectivity index (χ2n) is 6.38. The van der Waals surface area contributed by atoms with Crippen LogP contribution in [0.4, 0.5) is 0 Å². The smallest absolute Gasteiger partial charge is 0.183 e. The number of hydrogen-bond donors (Lipinski definition) is 1. The number of ether oxygens (including phenoxy) is 1. The molecule has 0 N–H and O–H groups in total. The third-order valence-corrected chi connectivity index (χ3v) is 5.48. The van der Waals surface area contributed by atoms with Crippen LogP contribution in [0.25, 0.3) is 0 Å². The minimum absolute atomic E-state index is 0.301. The Morgan fingerprint density at radius 2 is 1.73 bits per heavy atom. The molecule has 0 radical (unpaired) electrons. The van der Waals surface area contributed by atoms with E-state index in [1.165, 1.54) is 6.42 Å². The summed E-state index contributed by atoms with van der Waals surface area (Å²) in [6, 6.07) is 8.00. The number of hydrogen-bond acceptors (Lipinski definition) is 4. The van der Waals surface area contributed by atoms with E-state index in [0.717, 1.165) is 63.1 Å². The number of carbonyl (C=O) groups is 1. The van der Waals surface area contributed by atoms with Crippen molar-refractivity contribution in [2.45, 2.75) is 43.4 Å². The van der Waals surface area contributed by atoms with Crippen LogP contribution in [0, 0.1) is 0 Å². The molecule has 3 nitrogen and oxygen atoms in total. The highest BCUT2D eigenvalue weighted by atomic mass is 32.1. The maximum atomic E-state index is 13.3. The average molecular weight is 319 g/mol. The molecule has 1 saturated heterocycles. The monoisotopic (exact) mass is 319 g/mol. The molecular formula is C18H25NO2S. The van der Waals surface area contributed by atoms with E-state index in [-0.39, 0.29) is 5.54 Å². The zero-order chi connectivity index (χ0) is 15.4. The number of thiol groups is 1. The lowest BCUT2D eigenvalue weighted by Gasteiger charge is -2.46. The number of benzene rings is 1. The molecule has 0 aromatic heterocycles. The van der Waals surface area contributed by atoms with Crippen molar-refractivity contribution < 1.29 is 9.53 Å². The minimum atomic E-state index is -0.301. The Morgan fingerprint density at radius 1 is 1.09 bits per heavy atom. The first-order valence-electron chi connectivity index (χ1n) is 8.34. The Labute approximate surface area is 138 Å². The third-order valence-electron chi connectivity index (χ3n) is 5.12. The fraction of sp³-hybridized carbons (Fsp3) is 0.611. The number of Topliss-reactive ketones (excluding diaryl/α,β-unsaturated/α-hetero) is 1. The van der Waals surface area contributed by atoms with Crippen molar-refractivity contribution in [1.29, 1.82) is 0 Å². The quantitative estimate of drug-likeness (QED) is 0.682. The largest absolute Gasteiger partial charge is 0.379 e. The molecule has 3 rings (SSSR count). The van der Waals surface area contributed by atoms with Crippen LogP contribution in [0.3, 0.4) is 0 Å². The van der Waals surface area contributed by atoms with Crippen LogP contribution in [0.1, 0.15) is 48.0 Å². The molecule has 0 atom stereocenters. The molecule has 1 saturated carbocycles. The maximum Gasteiger partial charge on any atom is 0.183 e. The summed E-state index contributed by atoms with van der Waals surface area (Å²) in [6.07, 6.45) is 5.52. The molecule has 1 aromatic rings. The van der Waals surface area contributed by atoms with Crippen LogP contribution in [0.15, 0.2) is 24.3 Å². The summed E-state index contributed by atoms with van der Waals surface area (Å²) in [7, 11) is 0. The second kappa shape index (κ2) is 7.16. The van der Waals surface area contributed by atoms with Crippen molar-refractivity contribution in [2.75, 3.05) is 26.3 Å². The van der Waals surface area contributed by atoms with Crippen molar-refractivity contribution in [3.05, 3.63) is 35.4 Å². The Morgan fingerprint density at radius 3 is 2.32 bits per heavy atom. The van der Waals surface area contributed by atoms with Gasteiger partial charge in [-0.15, -0.1) is 0 Å². The highest BCUT2D eigenvalue weighted by Crippen LogP contribution is 2.37. The molecule has 0 bridgehead atoms. The van der Waals surface area contributed by atoms with Crippen molar-refractivity contribution in [3.8, 4) is 0 Å². The summed E-state index contributed by atoms with van der Waals surface area (Å²) in [5.74, 6) is 1.02. The summed E-state index contributed by atoms with van der Waals surface area (Å²) in [5, 5.41) is 0. The summed E-state index contributed by atoms with van der Waals surface area (Å²) in [5.41, 5.74) is 1.70. The van der Waals surface area contributed by atoms with Gasteiger partial charge >= 0.3 is 0 Å². The SMILES string of the molecule is O=C(c1ccc(CS)cc1)C1(N2CCOCC2)CCCCC1. The Bertz CT molecular complexity index is 502. The first kappa shape index (κ1) is 16.0. The standard InChI is InChI=1S/C18H25NO2S/c20-17(16-6-4-15(14-22)5-7-16)18(8-2-1-3-9-18)19-10-12-21-13-11-19/h4-7,22H,1-3,8-14H2. The third kappa shape index (κ3) is 3.10. The fourth-order valence-corrected chi connectivity index (χ4v) is 4.06. The van der Waals surface area contributed by atoms with Crippen LogP contribution in [-0.4, -0.2) is 42.5 Å². The van der Waals surface area contributed by atoms with E-state index in [4.69, 9.17) is 4.74 Å². The number of nitrogens with zero attached hydrogens (tertiary/aromatic N) is 1. The maximum absolute atomic E-state index is 13.3. The number of morpholine rings is 1. The van der Waals surface area contributed by atoms with E-state index in [0.29, 0.717) is 11.5 Å². The lowest BCUT2D eigenvalue weighted by atomic mass is 9.75. The predicted octanol–water partition coefficient (Wildman–Crippen LogP) is 3.33. The molecule has 1 aliphatic heterocycles. The Hall–Kier alpha value is -0.840. The molecule has 120 valence electrons. The number of ketones is 1. The molecule has 1 aliphatic carbocycles. The number of carbonyl (C=O) groups excluding carboxylic acids is 1. The number of rotatable bonds is 4. The van der Waals surface area contributed by atoms with E-state index in [1.807, 2.05) is 24.3 Å². The van der Waals surface area contributed by atoms with Gasteiger partial charge < -0.3 is 4.74 Å². The lowest BCUT2D eigenvalue weighted by Crippen LogP contribution is -2.59. The van der Waals surface area contributed by atoms with Gasteiger partial charge in [-0.2, -0.15) is 12.6 Å². The molecule has 0 spiro atoms. The van der Waals surface area contributed by atoms with Gasteiger partial charge in [0, 0.05) is 24.4 Å². The highest BCUT2D eigenvalue weighted by molar-refractivity contribution is 7.79. The van der Waals surface area contributed by atoms with Gasteiger partial charge in [-0.1, -0.05) is 43.5 Å². The molecule has 1 aromatic carbocycles. The van der Waals surface area contributed by atoms with Crippen LogP contribution in [0.5, 0.6) is 0 Å². The summed E-state index contributed by atoms with van der Waals surface area (Å²) >= 11 is 4.29. The summed E-state index contributed by atoms with van der Waals surface area (Å²) in [6.45, 7) is 3.24. The first-order valence-corrected chi connectivity index (χ1v) is 8.97. The zero-order valence-electron chi connectivity index (χ0n) is 13.1. The first-order chi connectivity index (χ1) is 10.8. The van der Waals surface area contributed by atoms with Crippen molar-refractivity contribution in [3.63, 3.8) is 0 Å². The van der Waals surface area contributed by atoms with E-state index in [9.17, 15) is 4.79 Å². The van der Waals surface area contributed by atoms with Crippen molar-refractivity contribution in [1.82, 2.24) is 4.90 Å². The molecule has 0 amide bonds. The van der Waals surface area contributed by atoms with Gasteiger partial charge in [0.2, 0.25) is 0 Å². The lowest BCUT2D eigenvalue weighted by molar-refractivity contribution is -0.0264. The Kier molecular flexibility index (Phi) is 5.21. The molecule has 22 heavy (non-hydrogen) atoms. The van der Waals surface area contributed by atoms with E-state index in [1.54, 1.807) is 0 Å². The van der Waals surface area contributed by atoms with Gasteiger partial charge in [0.25, 0.3) is 0 Å². The molecular weight excluding hydrogens is 294 g/mol. The van der Waals surface area contributed by atoms with E-state index < -0.39 is 0 Å². The fourth-order valence-electron chi connectivity index (χ4n) is 3.85. The molecule has 2 aliphatic rings.